The summed E-state index contributed by atoms with van der Waals surface area (Å²) in [6.07, 6.45) is 8.35. The van der Waals surface area contributed by atoms with E-state index >= 15 is 0 Å². The van der Waals surface area contributed by atoms with Gasteiger partial charge >= 0.3 is 0 Å². The molecular formula is C16H21BrFNO. The minimum Gasteiger partial charge on any atom is -0.492 e. The molecule has 0 aliphatic heterocycles. The van der Waals surface area contributed by atoms with Gasteiger partial charge in [-0.2, -0.15) is 5.26 Å². The number of alkyl halides is 1. The van der Waals surface area contributed by atoms with Crippen molar-refractivity contribution < 1.29 is 9.13 Å². The summed E-state index contributed by atoms with van der Waals surface area (Å²) in [5.74, 6) is -0.165. The highest BCUT2D eigenvalue weighted by atomic mass is 79.9. The summed E-state index contributed by atoms with van der Waals surface area (Å²) in [5, 5.41) is 9.96. The van der Waals surface area contributed by atoms with E-state index in [1.807, 2.05) is 6.07 Å². The van der Waals surface area contributed by atoms with Crippen molar-refractivity contribution >= 4 is 15.9 Å². The lowest BCUT2D eigenvalue weighted by Gasteiger charge is -2.08. The average molecular weight is 342 g/mol. The molecule has 0 unspecified atom stereocenters. The van der Waals surface area contributed by atoms with Crippen LogP contribution in [0.3, 0.4) is 0 Å². The normalized spacial score (nSPS) is 10.2. The van der Waals surface area contributed by atoms with Gasteiger partial charge in [0.15, 0.2) is 0 Å². The fourth-order valence-corrected chi connectivity index (χ4v) is 2.39. The van der Waals surface area contributed by atoms with Gasteiger partial charge in [-0.3, -0.25) is 0 Å². The van der Waals surface area contributed by atoms with E-state index in [0.717, 1.165) is 18.2 Å². The van der Waals surface area contributed by atoms with Crippen LogP contribution in [0.5, 0.6) is 5.75 Å². The fraction of sp³-hybridized carbons (Fsp3) is 0.562. The maximum Gasteiger partial charge on any atom is 0.144 e. The van der Waals surface area contributed by atoms with E-state index in [9.17, 15) is 4.39 Å². The van der Waals surface area contributed by atoms with Gasteiger partial charge in [-0.15, -0.1) is 0 Å². The van der Waals surface area contributed by atoms with Crippen LogP contribution in [0, 0.1) is 17.1 Å². The lowest BCUT2D eigenvalue weighted by Crippen LogP contribution is -2.00. The van der Waals surface area contributed by atoms with Crippen LogP contribution in [-0.2, 0) is 0 Å². The highest BCUT2D eigenvalue weighted by molar-refractivity contribution is 9.09. The number of benzene rings is 1. The van der Waals surface area contributed by atoms with Crippen LogP contribution in [0.25, 0.3) is 0 Å². The molecule has 0 N–H and O–H groups in total. The van der Waals surface area contributed by atoms with Crippen molar-refractivity contribution in [2.75, 3.05) is 11.9 Å². The number of halogens is 2. The zero-order valence-electron chi connectivity index (χ0n) is 11.7. The molecule has 1 aromatic carbocycles. The summed E-state index contributed by atoms with van der Waals surface area (Å²) in [5.41, 5.74) is 0.00210. The Kier molecular flexibility index (Phi) is 9.06. The zero-order chi connectivity index (χ0) is 14.6. The predicted molar refractivity (Wildman–Crippen MR) is 82.7 cm³/mol. The van der Waals surface area contributed by atoms with Crippen LogP contribution in [0.4, 0.5) is 4.39 Å². The van der Waals surface area contributed by atoms with E-state index in [4.69, 9.17) is 10.00 Å². The number of nitriles is 1. The van der Waals surface area contributed by atoms with Crippen molar-refractivity contribution in [2.24, 2.45) is 0 Å². The van der Waals surface area contributed by atoms with Crippen LogP contribution in [0.1, 0.15) is 50.5 Å². The Balaban J connectivity index is 2.13. The molecule has 0 radical (unpaired) electrons. The monoisotopic (exact) mass is 341 g/mol. The maximum absolute atomic E-state index is 13.3. The Labute approximate surface area is 129 Å². The molecule has 0 atom stereocenters. The van der Waals surface area contributed by atoms with Gasteiger partial charge in [-0.25, -0.2) is 4.39 Å². The second-order valence-electron chi connectivity index (χ2n) is 4.74. The van der Waals surface area contributed by atoms with Crippen LogP contribution < -0.4 is 4.74 Å². The second kappa shape index (κ2) is 10.7. The molecule has 0 amide bonds. The number of hydrogen-bond donors (Lipinski definition) is 0. The highest BCUT2D eigenvalue weighted by Gasteiger charge is 2.08. The van der Waals surface area contributed by atoms with E-state index in [2.05, 4.69) is 15.9 Å². The topological polar surface area (TPSA) is 33.0 Å². The Morgan fingerprint density at radius 2 is 1.70 bits per heavy atom. The van der Waals surface area contributed by atoms with Gasteiger partial charge in [-0.1, -0.05) is 54.1 Å². The van der Waals surface area contributed by atoms with Crippen LogP contribution in [0.2, 0.25) is 0 Å². The van der Waals surface area contributed by atoms with E-state index in [-0.39, 0.29) is 5.56 Å². The van der Waals surface area contributed by atoms with Gasteiger partial charge < -0.3 is 4.74 Å². The van der Waals surface area contributed by atoms with Gasteiger partial charge in [0.2, 0.25) is 0 Å². The van der Waals surface area contributed by atoms with Gasteiger partial charge in [0.1, 0.15) is 23.2 Å². The van der Waals surface area contributed by atoms with E-state index in [0.29, 0.717) is 12.4 Å². The largest absolute Gasteiger partial charge is 0.492 e. The Morgan fingerprint density at radius 3 is 2.35 bits per heavy atom. The van der Waals surface area contributed by atoms with Crippen molar-refractivity contribution in [3.05, 3.63) is 29.6 Å². The average Bonchev–Trinajstić information content (AvgIpc) is 2.45. The molecule has 0 spiro atoms. The Morgan fingerprint density at radius 1 is 1.05 bits per heavy atom. The van der Waals surface area contributed by atoms with Crippen molar-refractivity contribution in [3.63, 3.8) is 0 Å². The standard InChI is InChI=1S/C16H21BrFNO/c17-11-6-4-2-1-3-5-7-12-20-16-10-8-9-15(18)14(16)13-19/h8-10H,1-7,11-12H2. The van der Waals surface area contributed by atoms with Crippen LogP contribution in [-0.4, -0.2) is 11.9 Å². The molecule has 0 aliphatic carbocycles. The van der Waals surface area contributed by atoms with E-state index in [1.165, 1.54) is 38.2 Å². The maximum atomic E-state index is 13.3. The summed E-state index contributed by atoms with van der Waals surface area (Å²) in [7, 11) is 0. The Hall–Kier alpha value is -1.08. The van der Waals surface area contributed by atoms with Crippen LogP contribution >= 0.6 is 15.9 Å². The number of ether oxygens (including phenoxy) is 1. The first-order valence-electron chi connectivity index (χ1n) is 7.17. The molecule has 20 heavy (non-hydrogen) atoms. The highest BCUT2D eigenvalue weighted by Crippen LogP contribution is 2.20. The third-order valence-corrected chi connectivity index (χ3v) is 3.68. The lowest BCUT2D eigenvalue weighted by atomic mass is 10.1. The molecule has 0 aliphatic rings. The van der Waals surface area contributed by atoms with Crippen molar-refractivity contribution in [3.8, 4) is 11.8 Å². The molecular weight excluding hydrogens is 321 g/mol. The molecule has 0 bridgehead atoms. The third-order valence-electron chi connectivity index (χ3n) is 3.12. The predicted octanol–water partition coefficient (Wildman–Crippen LogP) is 5.20. The second-order valence-corrected chi connectivity index (χ2v) is 5.53. The molecule has 1 rings (SSSR count). The summed E-state index contributed by atoms with van der Waals surface area (Å²) in [6.45, 7) is 0.541. The van der Waals surface area contributed by atoms with Gasteiger partial charge in [-0.05, 0) is 25.0 Å². The van der Waals surface area contributed by atoms with E-state index in [1.54, 1.807) is 12.1 Å². The lowest BCUT2D eigenvalue weighted by molar-refractivity contribution is 0.302. The Bertz CT molecular complexity index is 431. The molecule has 1 aromatic rings. The third kappa shape index (κ3) is 6.38. The number of rotatable bonds is 10. The molecule has 0 fully saturated rings. The number of nitrogens with zero attached hydrogens (tertiary/aromatic N) is 1. The quantitative estimate of drug-likeness (QED) is 0.432. The van der Waals surface area contributed by atoms with Gasteiger partial charge in [0.25, 0.3) is 0 Å². The molecule has 0 aromatic heterocycles. The first kappa shape index (κ1) is 17.0. The van der Waals surface area contributed by atoms with Crippen LogP contribution in [0.15, 0.2) is 18.2 Å². The minimum atomic E-state index is -0.517. The number of unbranched alkanes of at least 4 members (excludes halogenated alkanes) is 6. The van der Waals surface area contributed by atoms with Crippen molar-refractivity contribution in [1.29, 1.82) is 5.26 Å². The smallest absolute Gasteiger partial charge is 0.144 e. The molecule has 2 nitrogen and oxygen atoms in total. The molecule has 0 saturated heterocycles. The summed E-state index contributed by atoms with van der Waals surface area (Å²) in [6, 6.07) is 6.32. The minimum absolute atomic E-state index is 0.00210. The zero-order valence-corrected chi connectivity index (χ0v) is 13.3. The summed E-state index contributed by atoms with van der Waals surface area (Å²) >= 11 is 3.43. The first-order chi connectivity index (χ1) is 9.79. The summed E-state index contributed by atoms with van der Waals surface area (Å²) < 4.78 is 18.8. The molecule has 4 heteroatoms. The van der Waals surface area contributed by atoms with Gasteiger partial charge in [0, 0.05) is 5.33 Å². The van der Waals surface area contributed by atoms with Crippen molar-refractivity contribution in [1.82, 2.24) is 0 Å². The molecule has 0 saturated carbocycles. The van der Waals surface area contributed by atoms with E-state index < -0.39 is 5.82 Å². The van der Waals surface area contributed by atoms with Crippen molar-refractivity contribution in [2.45, 2.75) is 44.9 Å². The summed E-state index contributed by atoms with van der Waals surface area (Å²) in [4.78, 5) is 0. The first-order valence-corrected chi connectivity index (χ1v) is 8.29. The fourth-order valence-electron chi connectivity index (χ4n) is 2.00. The molecule has 0 heterocycles. The molecule has 110 valence electrons. The SMILES string of the molecule is N#Cc1c(F)cccc1OCCCCCCCCCBr. The number of hydrogen-bond acceptors (Lipinski definition) is 2. The van der Waals surface area contributed by atoms with Gasteiger partial charge in [0.05, 0.1) is 6.61 Å².